The topological polar surface area (TPSA) is 181 Å². The highest BCUT2D eigenvalue weighted by Crippen LogP contribution is 2.40. The number of fused-ring (bicyclic) bond motifs is 3. The zero-order chi connectivity index (χ0) is 47.9. The molecule has 3 N–H and O–H groups in total. The lowest BCUT2D eigenvalue weighted by molar-refractivity contribution is -0.144. The molecule has 3 aromatic heterocycles. The van der Waals surface area contributed by atoms with Crippen molar-refractivity contribution in [3.63, 3.8) is 0 Å². The molecule has 1 saturated heterocycles. The number of thiophene rings is 1. The molecule has 0 radical (unpaired) electrons. The first-order chi connectivity index (χ1) is 31.9. The minimum Gasteiger partial charge on any atom is -0.469 e. The Bertz CT molecular complexity index is 2870. The Balaban J connectivity index is 0.960. The van der Waals surface area contributed by atoms with Crippen LogP contribution in [0.1, 0.15) is 103 Å². The molecule has 8 rings (SSSR count). The summed E-state index contributed by atoms with van der Waals surface area (Å²) in [7, 11) is 1.36. The van der Waals surface area contributed by atoms with Gasteiger partial charge in [-0.1, -0.05) is 93.6 Å². The number of nitrogens with zero attached hydrogens (tertiary/aromatic N) is 6. The van der Waals surface area contributed by atoms with Gasteiger partial charge in [-0.15, -0.1) is 32.9 Å². The Morgan fingerprint density at radius 3 is 2.28 bits per heavy atom. The molecule has 2 aliphatic rings. The number of methoxy groups -OCH3 is 1. The van der Waals surface area contributed by atoms with E-state index in [2.05, 4.69) is 39.7 Å². The van der Waals surface area contributed by atoms with Gasteiger partial charge in [-0.2, -0.15) is 0 Å². The SMILES string of the molecule is COC(=O)C[C@@H]1N=C(c2ccc(-c3cccc(CC(=O)N[C@H](C(=O)N4C[C@H](O)C[C@H]4C(=O)N[C@@H](C)c4ccc(-c5scnc5C)cc4)C(C)(C)C)c3)cc2)c2c(sc(C)c2C)-n2c(C)nnc21. The Morgan fingerprint density at radius 1 is 0.910 bits per heavy atom. The van der Waals surface area contributed by atoms with Crippen LogP contribution in [0, 0.1) is 33.1 Å². The lowest BCUT2D eigenvalue weighted by Gasteiger charge is -2.35. The third kappa shape index (κ3) is 9.74. The zero-order valence-electron chi connectivity index (χ0n) is 39.2. The van der Waals surface area contributed by atoms with Gasteiger partial charge in [0, 0.05) is 29.0 Å². The number of esters is 1. The summed E-state index contributed by atoms with van der Waals surface area (Å²) in [5, 5.41) is 26.6. The van der Waals surface area contributed by atoms with Crippen LogP contribution in [0.25, 0.3) is 26.6 Å². The number of hydrogen-bond donors (Lipinski definition) is 3. The summed E-state index contributed by atoms with van der Waals surface area (Å²) >= 11 is 3.22. The van der Waals surface area contributed by atoms with Crippen molar-refractivity contribution in [2.75, 3.05) is 13.7 Å². The number of rotatable bonds is 12. The smallest absolute Gasteiger partial charge is 0.308 e. The molecule has 3 amide bonds. The van der Waals surface area contributed by atoms with Gasteiger partial charge in [0.25, 0.3) is 0 Å². The van der Waals surface area contributed by atoms with Gasteiger partial charge in [-0.3, -0.25) is 28.7 Å². The molecule has 0 bridgehead atoms. The Labute approximate surface area is 398 Å². The van der Waals surface area contributed by atoms with Gasteiger partial charge in [0.05, 0.1) is 53.9 Å². The van der Waals surface area contributed by atoms with Crippen LogP contribution in [0.5, 0.6) is 0 Å². The van der Waals surface area contributed by atoms with Crippen LogP contribution < -0.4 is 10.6 Å². The predicted molar refractivity (Wildman–Crippen MR) is 260 cm³/mol. The maximum absolute atomic E-state index is 14.4. The number of ether oxygens (including phenoxy) is 1. The summed E-state index contributed by atoms with van der Waals surface area (Å²) < 4.78 is 7.04. The number of carbonyl (C=O) groups is 4. The van der Waals surface area contributed by atoms with Crippen LogP contribution in [0.4, 0.5) is 0 Å². The molecule has 5 atom stereocenters. The van der Waals surface area contributed by atoms with Crippen molar-refractivity contribution in [1.82, 2.24) is 35.3 Å². The highest BCUT2D eigenvalue weighted by atomic mass is 32.1. The molecule has 14 nitrogen and oxygen atoms in total. The van der Waals surface area contributed by atoms with Crippen molar-refractivity contribution < 1.29 is 29.0 Å². The van der Waals surface area contributed by atoms with Crippen LogP contribution in [-0.4, -0.2) is 91.0 Å². The molecule has 0 spiro atoms. The fourth-order valence-corrected chi connectivity index (χ4v) is 10.9. The second-order valence-corrected chi connectivity index (χ2v) is 20.6. The first-order valence-electron chi connectivity index (χ1n) is 22.4. The number of aliphatic imine (C=N–C) groups is 1. The number of hydrogen-bond acceptors (Lipinski definition) is 12. The number of aryl methyl sites for hydroxylation is 3. The number of aliphatic hydroxyl groups excluding tert-OH is 1. The predicted octanol–water partition coefficient (Wildman–Crippen LogP) is 7.72. The maximum atomic E-state index is 14.4. The Morgan fingerprint density at radius 2 is 1.61 bits per heavy atom. The number of benzene rings is 3. The van der Waals surface area contributed by atoms with Crippen LogP contribution in [0.2, 0.25) is 0 Å². The first kappa shape index (κ1) is 47.1. The van der Waals surface area contributed by atoms with Crippen molar-refractivity contribution >= 4 is 52.1 Å². The summed E-state index contributed by atoms with van der Waals surface area (Å²) in [5.41, 5.74) is 10.3. The number of thiazole rings is 1. The van der Waals surface area contributed by atoms with Gasteiger partial charge in [0.15, 0.2) is 5.82 Å². The Kier molecular flexibility index (Phi) is 13.4. The molecule has 0 saturated carbocycles. The summed E-state index contributed by atoms with van der Waals surface area (Å²) in [4.78, 5) is 67.8. The highest BCUT2D eigenvalue weighted by Gasteiger charge is 2.45. The zero-order valence-corrected chi connectivity index (χ0v) is 40.8. The third-order valence-electron chi connectivity index (χ3n) is 12.7. The number of aliphatic hydroxyl groups is 1. The van der Waals surface area contributed by atoms with Gasteiger partial charge in [0.1, 0.15) is 29.0 Å². The third-order valence-corrected chi connectivity index (χ3v) is 14.8. The average molecular weight is 941 g/mol. The van der Waals surface area contributed by atoms with E-state index in [4.69, 9.17) is 9.73 Å². The number of carbonyl (C=O) groups excluding carboxylic acids is 4. The lowest BCUT2D eigenvalue weighted by Crippen LogP contribution is -2.58. The van der Waals surface area contributed by atoms with E-state index in [1.54, 1.807) is 22.7 Å². The fourth-order valence-electron chi connectivity index (χ4n) is 8.86. The molecule has 1 fully saturated rings. The van der Waals surface area contributed by atoms with Crippen molar-refractivity contribution in [1.29, 1.82) is 0 Å². The minimum absolute atomic E-state index is 0.0121. The van der Waals surface area contributed by atoms with E-state index in [1.165, 1.54) is 12.0 Å². The van der Waals surface area contributed by atoms with Gasteiger partial charge < -0.3 is 25.4 Å². The summed E-state index contributed by atoms with van der Waals surface area (Å²) in [6.07, 6.45) is -0.771. The van der Waals surface area contributed by atoms with Crippen molar-refractivity contribution in [3.8, 4) is 26.6 Å². The number of β-amino-alcohol motifs (C(OH)–C–C–N with tert-alkyl or cyclic N) is 1. The number of nitrogens with one attached hydrogen (secondary N) is 2. The molecule has 0 unspecified atom stereocenters. The van der Waals surface area contributed by atoms with Gasteiger partial charge in [-0.05, 0) is 73.4 Å². The average Bonchev–Trinajstić information content (AvgIpc) is 4.07. The molecule has 2 aliphatic heterocycles. The summed E-state index contributed by atoms with van der Waals surface area (Å²) in [6, 6.07) is 20.9. The maximum Gasteiger partial charge on any atom is 0.308 e. The van der Waals surface area contributed by atoms with Crippen LogP contribution in [-0.2, 0) is 30.3 Å². The molecule has 5 heterocycles. The van der Waals surface area contributed by atoms with Gasteiger partial charge in [0.2, 0.25) is 17.7 Å². The molecular weight excluding hydrogens is 885 g/mol. The van der Waals surface area contributed by atoms with Crippen molar-refractivity contribution in [3.05, 3.63) is 128 Å². The highest BCUT2D eigenvalue weighted by molar-refractivity contribution is 7.15. The van der Waals surface area contributed by atoms with E-state index in [0.29, 0.717) is 11.6 Å². The number of likely N-dealkylation sites (tertiary alicyclic amines) is 1. The van der Waals surface area contributed by atoms with Crippen LogP contribution >= 0.6 is 22.7 Å². The molecule has 16 heteroatoms. The van der Waals surface area contributed by atoms with Crippen LogP contribution in [0.3, 0.4) is 0 Å². The van der Waals surface area contributed by atoms with Gasteiger partial charge >= 0.3 is 5.97 Å². The second kappa shape index (κ2) is 19.1. The van der Waals surface area contributed by atoms with E-state index >= 15 is 0 Å². The molecule has 6 aromatic rings. The van der Waals surface area contributed by atoms with Crippen molar-refractivity contribution in [2.45, 2.75) is 105 Å². The van der Waals surface area contributed by atoms with E-state index in [1.807, 2.05) is 124 Å². The van der Waals surface area contributed by atoms with E-state index in [-0.39, 0.29) is 43.7 Å². The molecule has 348 valence electrons. The van der Waals surface area contributed by atoms with Crippen LogP contribution in [0.15, 0.2) is 83.3 Å². The molecular formula is C51H56N8O6S2. The molecule has 0 aliphatic carbocycles. The molecule has 3 aromatic carbocycles. The Hall–Kier alpha value is -6.36. The van der Waals surface area contributed by atoms with Gasteiger partial charge in [-0.25, -0.2) is 4.98 Å². The quantitative estimate of drug-likeness (QED) is 0.104. The van der Waals surface area contributed by atoms with E-state index in [9.17, 15) is 24.3 Å². The standard InChI is InChI=1S/C51H56N8O6S2/c1-27-30(4)67-50-43(27)44(54-39(24-42(62)65-9)47-57-56-31(5)59(47)50)35-17-15-34(16-18-35)37-12-10-11-32(21-37)22-41(61)55-46(51(6,7)8)49(64)58-25-38(60)23-40(58)48(63)53-28(2)33-13-19-36(20-14-33)45-29(3)52-26-66-45/h10-21,26,28,38-40,46,60H,22-25H2,1-9H3,(H,53,63)(H,55,61)/t28-,38+,39-,40-,46+/m0/s1. The molecule has 67 heavy (non-hydrogen) atoms. The summed E-state index contributed by atoms with van der Waals surface area (Å²) in [5.74, 6) is -0.230. The largest absolute Gasteiger partial charge is 0.469 e. The number of aromatic nitrogens is 4. The lowest BCUT2D eigenvalue weighted by atomic mass is 9.85. The second-order valence-electron chi connectivity index (χ2n) is 18.5. The monoisotopic (exact) mass is 940 g/mol. The minimum atomic E-state index is -0.966. The van der Waals surface area contributed by atoms with E-state index in [0.717, 1.165) is 70.7 Å². The first-order valence-corrected chi connectivity index (χ1v) is 24.1. The van der Waals surface area contributed by atoms with Crippen molar-refractivity contribution in [2.24, 2.45) is 10.4 Å². The number of amides is 3. The summed E-state index contributed by atoms with van der Waals surface area (Å²) in [6.45, 7) is 15.5. The fraction of sp³-hybridized carbons (Fsp3) is 0.373. The van der Waals surface area contributed by atoms with E-state index < -0.39 is 41.5 Å². The normalized spacial score (nSPS) is 17.7.